The molecule has 3 nitrogen and oxygen atoms in total. The maximum atomic E-state index is 11.2. The molecule has 0 heterocycles. The summed E-state index contributed by atoms with van der Waals surface area (Å²) in [5.41, 5.74) is 2.45. The van der Waals surface area contributed by atoms with Gasteiger partial charge in [-0.25, -0.2) is 4.79 Å². The summed E-state index contributed by atoms with van der Waals surface area (Å²) in [4.78, 5) is 11.2. The first-order valence-electron chi connectivity index (χ1n) is 6.48. The first-order chi connectivity index (χ1) is 9.90. The number of carboxylic acids is 1. The van der Waals surface area contributed by atoms with Gasteiger partial charge in [-0.1, -0.05) is 49.2 Å². The second-order valence-electron chi connectivity index (χ2n) is 4.99. The molecule has 0 aliphatic rings. The highest BCUT2D eigenvalue weighted by molar-refractivity contribution is 6.41. The maximum absolute atomic E-state index is 11.2. The van der Waals surface area contributed by atoms with Gasteiger partial charge in [0.2, 0.25) is 0 Å². The Bertz CT molecular complexity index is 684. The Labute approximate surface area is 133 Å². The molecular weight excluding hydrogens is 309 g/mol. The number of hydrogen-bond donors (Lipinski definition) is 2. The van der Waals surface area contributed by atoms with Gasteiger partial charge in [-0.3, -0.25) is 0 Å². The number of nitrogens with one attached hydrogen (secondary N) is 1. The molecule has 0 bridgehead atoms. The Morgan fingerprint density at radius 3 is 2.52 bits per heavy atom. The lowest BCUT2D eigenvalue weighted by Crippen LogP contribution is -2.02. The molecule has 0 saturated heterocycles. The standard InChI is InChI=1S/C16H15Cl2NO2/c1-9(2)10-4-3-5-11(8-10)19-13-7-6-12(17)14(15(13)18)16(20)21/h3-9,19H,1-2H3,(H,20,21). The van der Waals surface area contributed by atoms with Crippen LogP contribution in [0.4, 0.5) is 11.4 Å². The molecule has 2 aromatic rings. The van der Waals surface area contributed by atoms with Crippen molar-refractivity contribution in [2.75, 3.05) is 5.32 Å². The van der Waals surface area contributed by atoms with Crippen LogP contribution in [0.3, 0.4) is 0 Å². The highest BCUT2D eigenvalue weighted by Crippen LogP contribution is 2.34. The number of carbonyl (C=O) groups is 1. The van der Waals surface area contributed by atoms with Gasteiger partial charge in [0.05, 0.1) is 21.3 Å². The smallest absolute Gasteiger partial charge is 0.338 e. The van der Waals surface area contributed by atoms with E-state index in [1.54, 1.807) is 6.07 Å². The fraction of sp³-hybridized carbons (Fsp3) is 0.188. The zero-order valence-corrected chi connectivity index (χ0v) is 13.2. The Hall–Kier alpha value is -1.71. The first-order valence-corrected chi connectivity index (χ1v) is 7.24. The molecule has 0 fully saturated rings. The summed E-state index contributed by atoms with van der Waals surface area (Å²) in [5, 5.41) is 12.5. The summed E-state index contributed by atoms with van der Waals surface area (Å²) in [5.74, 6) is -0.744. The fourth-order valence-electron chi connectivity index (χ4n) is 1.98. The van der Waals surface area contributed by atoms with Gasteiger partial charge >= 0.3 is 5.97 Å². The van der Waals surface area contributed by atoms with E-state index in [9.17, 15) is 4.79 Å². The van der Waals surface area contributed by atoms with Crippen LogP contribution in [0.1, 0.15) is 35.7 Å². The lowest BCUT2D eigenvalue weighted by Gasteiger charge is -2.13. The third kappa shape index (κ3) is 3.49. The topological polar surface area (TPSA) is 49.3 Å². The summed E-state index contributed by atoms with van der Waals surface area (Å²) >= 11 is 12.0. The summed E-state index contributed by atoms with van der Waals surface area (Å²) < 4.78 is 0. The van der Waals surface area contributed by atoms with E-state index >= 15 is 0 Å². The minimum Gasteiger partial charge on any atom is -0.478 e. The second-order valence-corrected chi connectivity index (χ2v) is 5.78. The van der Waals surface area contributed by atoms with E-state index in [2.05, 4.69) is 19.2 Å². The molecule has 2 aromatic carbocycles. The molecule has 0 saturated carbocycles. The Balaban J connectivity index is 2.38. The molecule has 2 N–H and O–H groups in total. The number of halogens is 2. The van der Waals surface area contributed by atoms with E-state index < -0.39 is 5.97 Å². The Kier molecular flexibility index (Phi) is 4.76. The fourth-order valence-corrected chi connectivity index (χ4v) is 2.56. The molecule has 0 radical (unpaired) electrons. The van der Waals surface area contributed by atoms with Crippen LogP contribution < -0.4 is 5.32 Å². The summed E-state index contributed by atoms with van der Waals surface area (Å²) in [7, 11) is 0. The van der Waals surface area contributed by atoms with Crippen molar-refractivity contribution in [2.45, 2.75) is 19.8 Å². The molecule has 0 amide bonds. The summed E-state index contributed by atoms with van der Waals surface area (Å²) in [6, 6.07) is 11.1. The van der Waals surface area contributed by atoms with Crippen molar-refractivity contribution in [3.8, 4) is 0 Å². The molecular formula is C16H15Cl2NO2. The van der Waals surface area contributed by atoms with Gasteiger partial charge < -0.3 is 10.4 Å². The largest absolute Gasteiger partial charge is 0.478 e. The minimum absolute atomic E-state index is 0.0941. The van der Waals surface area contributed by atoms with Crippen LogP contribution in [0.2, 0.25) is 10.0 Å². The van der Waals surface area contributed by atoms with Crippen LogP contribution in [-0.2, 0) is 0 Å². The van der Waals surface area contributed by atoms with Crippen LogP contribution in [0.5, 0.6) is 0 Å². The normalized spacial score (nSPS) is 10.7. The number of benzene rings is 2. The van der Waals surface area contributed by atoms with Crippen LogP contribution >= 0.6 is 23.2 Å². The van der Waals surface area contributed by atoms with Crippen molar-refractivity contribution in [2.24, 2.45) is 0 Å². The Morgan fingerprint density at radius 2 is 1.90 bits per heavy atom. The van der Waals surface area contributed by atoms with Crippen molar-refractivity contribution in [1.82, 2.24) is 0 Å². The van der Waals surface area contributed by atoms with Crippen molar-refractivity contribution in [3.63, 3.8) is 0 Å². The lowest BCUT2D eigenvalue weighted by atomic mass is 10.0. The molecule has 5 heteroatoms. The van der Waals surface area contributed by atoms with Gasteiger partial charge in [-0.2, -0.15) is 0 Å². The average molecular weight is 324 g/mol. The van der Waals surface area contributed by atoms with Crippen LogP contribution in [0.25, 0.3) is 0 Å². The predicted molar refractivity (Wildman–Crippen MR) is 87.2 cm³/mol. The van der Waals surface area contributed by atoms with Gasteiger partial charge in [-0.15, -0.1) is 0 Å². The molecule has 0 spiro atoms. The highest BCUT2D eigenvalue weighted by Gasteiger charge is 2.17. The Morgan fingerprint density at radius 1 is 1.19 bits per heavy atom. The summed E-state index contributed by atoms with van der Waals surface area (Å²) in [6.45, 7) is 4.22. The van der Waals surface area contributed by atoms with E-state index in [1.807, 2.05) is 24.3 Å². The number of rotatable bonds is 4. The van der Waals surface area contributed by atoms with Crippen molar-refractivity contribution in [1.29, 1.82) is 0 Å². The van der Waals surface area contributed by atoms with E-state index in [1.165, 1.54) is 11.6 Å². The molecule has 2 rings (SSSR count). The van der Waals surface area contributed by atoms with Crippen LogP contribution in [-0.4, -0.2) is 11.1 Å². The third-order valence-corrected chi connectivity index (χ3v) is 3.84. The second kappa shape index (κ2) is 6.37. The average Bonchev–Trinajstić information content (AvgIpc) is 2.42. The number of aromatic carboxylic acids is 1. The van der Waals surface area contributed by atoms with Gasteiger partial charge in [0, 0.05) is 5.69 Å². The summed E-state index contributed by atoms with van der Waals surface area (Å²) in [6.07, 6.45) is 0. The number of anilines is 2. The quantitative estimate of drug-likeness (QED) is 0.774. The molecule has 0 aliphatic carbocycles. The molecule has 110 valence electrons. The predicted octanol–water partition coefficient (Wildman–Crippen LogP) is 5.56. The molecule has 0 atom stereocenters. The van der Waals surface area contributed by atoms with Crippen molar-refractivity contribution < 1.29 is 9.90 Å². The van der Waals surface area contributed by atoms with Crippen LogP contribution in [0, 0.1) is 0 Å². The van der Waals surface area contributed by atoms with Gasteiger partial charge in [0.15, 0.2) is 0 Å². The maximum Gasteiger partial charge on any atom is 0.338 e. The zero-order valence-electron chi connectivity index (χ0n) is 11.7. The third-order valence-electron chi connectivity index (χ3n) is 3.14. The van der Waals surface area contributed by atoms with Gasteiger partial charge in [0.1, 0.15) is 0 Å². The molecule has 0 aliphatic heterocycles. The lowest BCUT2D eigenvalue weighted by molar-refractivity contribution is 0.0697. The highest BCUT2D eigenvalue weighted by atomic mass is 35.5. The van der Waals surface area contributed by atoms with Crippen molar-refractivity contribution >= 4 is 40.5 Å². The van der Waals surface area contributed by atoms with E-state index in [4.69, 9.17) is 28.3 Å². The molecule has 21 heavy (non-hydrogen) atoms. The zero-order chi connectivity index (χ0) is 15.6. The van der Waals surface area contributed by atoms with Gasteiger partial charge in [-0.05, 0) is 35.7 Å². The van der Waals surface area contributed by atoms with Crippen LogP contribution in [0.15, 0.2) is 36.4 Å². The SMILES string of the molecule is CC(C)c1cccc(Nc2ccc(Cl)c(C(=O)O)c2Cl)c1. The van der Waals surface area contributed by atoms with Crippen molar-refractivity contribution in [3.05, 3.63) is 57.6 Å². The van der Waals surface area contributed by atoms with Gasteiger partial charge in [0.25, 0.3) is 0 Å². The molecule has 0 aromatic heterocycles. The monoisotopic (exact) mass is 323 g/mol. The molecule has 0 unspecified atom stereocenters. The van der Waals surface area contributed by atoms with E-state index in [0.29, 0.717) is 11.6 Å². The van der Waals surface area contributed by atoms with E-state index in [-0.39, 0.29) is 15.6 Å². The number of hydrogen-bond acceptors (Lipinski definition) is 2. The van der Waals surface area contributed by atoms with E-state index in [0.717, 1.165) is 5.69 Å². The minimum atomic E-state index is -1.15. The number of carboxylic acid groups (broad SMARTS) is 1. The first kappa shape index (κ1) is 15.7.